The summed E-state index contributed by atoms with van der Waals surface area (Å²) in [5.74, 6) is 0.479. The van der Waals surface area contributed by atoms with E-state index in [0.29, 0.717) is 28.8 Å². The summed E-state index contributed by atoms with van der Waals surface area (Å²) in [5.41, 5.74) is 1.48. The number of ether oxygens (including phenoxy) is 1. The van der Waals surface area contributed by atoms with Crippen molar-refractivity contribution in [2.45, 2.75) is 26.9 Å². The third-order valence-corrected chi connectivity index (χ3v) is 4.57. The van der Waals surface area contributed by atoms with Gasteiger partial charge >= 0.3 is 0 Å². The highest BCUT2D eigenvalue weighted by atomic mass is 35.5. The molecule has 0 bridgehead atoms. The number of aryl methyl sites for hydroxylation is 2. The standard InChI is InChI=1S/C21H23ClN4O4/c1-4-9-23-21(28)19-16(11-24-26(19)3)25-20(27)18-8-6-15(30-18)12-29-17-7-5-14(22)10-13(17)2/h5-8,10-11H,4,9,12H2,1-3H3,(H,23,28)(H,25,27). The van der Waals surface area contributed by atoms with E-state index in [1.807, 2.05) is 13.8 Å². The molecule has 0 spiro atoms. The second-order valence-electron chi connectivity index (χ2n) is 6.70. The van der Waals surface area contributed by atoms with Crippen LogP contribution in [0, 0.1) is 6.92 Å². The number of nitrogens with zero attached hydrogens (tertiary/aromatic N) is 2. The number of furan rings is 1. The Morgan fingerprint density at radius 1 is 1.23 bits per heavy atom. The maximum absolute atomic E-state index is 12.6. The molecule has 2 heterocycles. The number of benzene rings is 1. The number of aromatic nitrogens is 2. The average molecular weight is 431 g/mol. The van der Waals surface area contributed by atoms with Gasteiger partial charge in [-0.05, 0) is 49.2 Å². The second kappa shape index (κ2) is 9.49. The fourth-order valence-corrected chi connectivity index (χ4v) is 3.03. The van der Waals surface area contributed by atoms with E-state index in [-0.39, 0.29) is 24.0 Å². The first-order valence-electron chi connectivity index (χ1n) is 9.48. The number of nitrogens with one attached hydrogen (secondary N) is 2. The van der Waals surface area contributed by atoms with E-state index in [2.05, 4.69) is 15.7 Å². The van der Waals surface area contributed by atoms with Crippen LogP contribution in [-0.4, -0.2) is 28.1 Å². The van der Waals surface area contributed by atoms with Crippen LogP contribution in [0.5, 0.6) is 5.75 Å². The summed E-state index contributed by atoms with van der Waals surface area (Å²) in [4.78, 5) is 24.9. The van der Waals surface area contributed by atoms with E-state index in [0.717, 1.165) is 12.0 Å². The molecular weight excluding hydrogens is 408 g/mol. The number of carbonyl (C=O) groups excluding carboxylic acids is 2. The topological polar surface area (TPSA) is 98.4 Å². The average Bonchev–Trinajstić information content (AvgIpc) is 3.32. The molecule has 8 nitrogen and oxygen atoms in total. The Morgan fingerprint density at radius 3 is 2.77 bits per heavy atom. The van der Waals surface area contributed by atoms with E-state index in [1.54, 1.807) is 37.4 Å². The quantitative estimate of drug-likeness (QED) is 0.563. The summed E-state index contributed by atoms with van der Waals surface area (Å²) in [7, 11) is 1.64. The highest BCUT2D eigenvalue weighted by Crippen LogP contribution is 2.23. The number of carbonyl (C=O) groups is 2. The Morgan fingerprint density at radius 2 is 2.03 bits per heavy atom. The van der Waals surface area contributed by atoms with E-state index in [9.17, 15) is 9.59 Å². The molecule has 0 radical (unpaired) electrons. The van der Waals surface area contributed by atoms with Crippen molar-refractivity contribution < 1.29 is 18.7 Å². The van der Waals surface area contributed by atoms with Gasteiger partial charge in [0.1, 0.15) is 23.8 Å². The highest BCUT2D eigenvalue weighted by molar-refractivity contribution is 6.30. The molecule has 2 N–H and O–H groups in total. The van der Waals surface area contributed by atoms with Gasteiger partial charge in [0, 0.05) is 18.6 Å². The van der Waals surface area contributed by atoms with Gasteiger partial charge in [-0.2, -0.15) is 5.10 Å². The largest absolute Gasteiger partial charge is 0.485 e. The third-order valence-electron chi connectivity index (χ3n) is 4.33. The molecule has 0 aliphatic rings. The van der Waals surface area contributed by atoms with Crippen molar-refractivity contribution in [2.75, 3.05) is 11.9 Å². The van der Waals surface area contributed by atoms with Crippen LogP contribution in [0.1, 0.15) is 45.7 Å². The summed E-state index contributed by atoms with van der Waals surface area (Å²) in [6.45, 7) is 4.54. The van der Waals surface area contributed by atoms with Crippen molar-refractivity contribution in [3.63, 3.8) is 0 Å². The molecule has 30 heavy (non-hydrogen) atoms. The minimum atomic E-state index is -0.485. The van der Waals surface area contributed by atoms with Crippen LogP contribution in [-0.2, 0) is 13.7 Å². The number of rotatable bonds is 8. The molecule has 0 unspecified atom stereocenters. The summed E-state index contributed by atoms with van der Waals surface area (Å²) in [6.07, 6.45) is 2.23. The van der Waals surface area contributed by atoms with Crippen LogP contribution in [0.2, 0.25) is 5.02 Å². The second-order valence-corrected chi connectivity index (χ2v) is 7.14. The third kappa shape index (κ3) is 5.01. The van der Waals surface area contributed by atoms with Crippen molar-refractivity contribution in [2.24, 2.45) is 7.05 Å². The molecule has 0 atom stereocenters. The zero-order valence-corrected chi connectivity index (χ0v) is 17.7. The van der Waals surface area contributed by atoms with E-state index < -0.39 is 5.91 Å². The van der Waals surface area contributed by atoms with Gasteiger partial charge in [-0.15, -0.1) is 0 Å². The van der Waals surface area contributed by atoms with Crippen molar-refractivity contribution in [1.82, 2.24) is 15.1 Å². The number of halogens is 1. The molecule has 0 saturated carbocycles. The first-order chi connectivity index (χ1) is 14.4. The first kappa shape index (κ1) is 21.4. The summed E-state index contributed by atoms with van der Waals surface area (Å²) >= 11 is 5.95. The fraction of sp³-hybridized carbons (Fsp3) is 0.286. The lowest BCUT2D eigenvalue weighted by molar-refractivity contribution is 0.0945. The van der Waals surface area contributed by atoms with Crippen molar-refractivity contribution in [3.8, 4) is 5.75 Å². The molecule has 0 saturated heterocycles. The highest BCUT2D eigenvalue weighted by Gasteiger charge is 2.20. The number of anilines is 1. The normalized spacial score (nSPS) is 10.7. The Balaban J connectivity index is 1.65. The van der Waals surface area contributed by atoms with Crippen LogP contribution in [0.4, 0.5) is 5.69 Å². The predicted octanol–water partition coefficient (Wildman–Crippen LogP) is 3.95. The number of amides is 2. The van der Waals surface area contributed by atoms with Gasteiger partial charge in [0.2, 0.25) is 0 Å². The van der Waals surface area contributed by atoms with Crippen LogP contribution in [0.3, 0.4) is 0 Å². The van der Waals surface area contributed by atoms with Gasteiger partial charge in [-0.1, -0.05) is 18.5 Å². The van der Waals surface area contributed by atoms with Gasteiger partial charge in [0.25, 0.3) is 11.8 Å². The molecule has 158 valence electrons. The molecular formula is C21H23ClN4O4. The molecule has 3 rings (SSSR count). The first-order valence-corrected chi connectivity index (χ1v) is 9.86. The molecule has 1 aromatic carbocycles. The molecule has 2 amide bonds. The van der Waals surface area contributed by atoms with Crippen LogP contribution < -0.4 is 15.4 Å². The van der Waals surface area contributed by atoms with Crippen molar-refractivity contribution in [1.29, 1.82) is 0 Å². The minimum Gasteiger partial charge on any atom is -0.485 e. The maximum atomic E-state index is 12.6. The maximum Gasteiger partial charge on any atom is 0.291 e. The monoisotopic (exact) mass is 430 g/mol. The SMILES string of the molecule is CCCNC(=O)c1c(NC(=O)c2ccc(COc3ccc(Cl)cc3C)o2)cnn1C. The molecule has 0 aliphatic heterocycles. The van der Waals surface area contributed by atoms with Crippen LogP contribution in [0.25, 0.3) is 0 Å². The number of hydrogen-bond donors (Lipinski definition) is 2. The lowest BCUT2D eigenvalue weighted by Gasteiger charge is -2.08. The minimum absolute atomic E-state index is 0.102. The molecule has 9 heteroatoms. The van der Waals surface area contributed by atoms with Crippen LogP contribution in [0.15, 0.2) is 40.9 Å². The Hall–Kier alpha value is -3.26. The molecule has 3 aromatic rings. The Labute approximate surface area is 179 Å². The zero-order valence-electron chi connectivity index (χ0n) is 17.0. The van der Waals surface area contributed by atoms with Crippen molar-refractivity contribution >= 4 is 29.1 Å². The lowest BCUT2D eigenvalue weighted by Crippen LogP contribution is -2.27. The van der Waals surface area contributed by atoms with Gasteiger partial charge in [0.05, 0.1) is 11.9 Å². The fourth-order valence-electron chi connectivity index (χ4n) is 2.81. The Bertz CT molecular complexity index is 1060. The van der Waals surface area contributed by atoms with E-state index in [1.165, 1.54) is 10.9 Å². The van der Waals surface area contributed by atoms with Gasteiger partial charge < -0.3 is 19.8 Å². The van der Waals surface area contributed by atoms with E-state index in [4.69, 9.17) is 20.8 Å². The zero-order chi connectivity index (χ0) is 21.7. The Kier molecular flexibility index (Phi) is 6.79. The number of hydrogen-bond acceptors (Lipinski definition) is 5. The predicted molar refractivity (Wildman–Crippen MR) is 113 cm³/mol. The molecule has 0 fully saturated rings. The summed E-state index contributed by atoms with van der Waals surface area (Å²) < 4.78 is 12.7. The van der Waals surface area contributed by atoms with Crippen LogP contribution >= 0.6 is 11.6 Å². The van der Waals surface area contributed by atoms with E-state index >= 15 is 0 Å². The molecule has 0 aliphatic carbocycles. The molecule has 2 aromatic heterocycles. The van der Waals surface area contributed by atoms with Gasteiger partial charge in [-0.25, -0.2) is 0 Å². The lowest BCUT2D eigenvalue weighted by atomic mass is 10.2. The van der Waals surface area contributed by atoms with Gasteiger partial charge in [-0.3, -0.25) is 14.3 Å². The smallest absolute Gasteiger partial charge is 0.291 e. The van der Waals surface area contributed by atoms with Gasteiger partial charge in [0.15, 0.2) is 5.76 Å². The summed E-state index contributed by atoms with van der Waals surface area (Å²) in [6, 6.07) is 8.54. The summed E-state index contributed by atoms with van der Waals surface area (Å²) in [5, 5.41) is 10.1. The van der Waals surface area contributed by atoms with Crippen molar-refractivity contribution in [3.05, 3.63) is 64.3 Å².